The van der Waals surface area contributed by atoms with Gasteiger partial charge in [-0.05, 0) is 61.0 Å². The van der Waals surface area contributed by atoms with Crippen molar-refractivity contribution >= 4 is 84.1 Å². The number of carbonyl (C=O) groups excluding carboxylic acids is 3. The van der Waals surface area contributed by atoms with Gasteiger partial charge in [-0.25, -0.2) is 4.90 Å². The van der Waals surface area contributed by atoms with Gasteiger partial charge < -0.3 is 5.32 Å². The molecule has 40 heavy (non-hydrogen) atoms. The summed E-state index contributed by atoms with van der Waals surface area (Å²) in [7, 11) is 0. The molecule has 3 heterocycles. The van der Waals surface area contributed by atoms with Crippen LogP contribution < -0.4 is 15.1 Å². The Kier molecular flexibility index (Phi) is 7.32. The maximum absolute atomic E-state index is 13.9. The molecule has 4 aromatic rings. The van der Waals surface area contributed by atoms with Crippen molar-refractivity contribution in [2.24, 2.45) is 5.92 Å². The quantitative estimate of drug-likeness (QED) is 0.252. The van der Waals surface area contributed by atoms with E-state index in [2.05, 4.69) is 37.2 Å². The number of hydrogen-bond donors (Lipinski definition) is 1. The molecule has 0 spiro atoms. The smallest absolute Gasteiger partial charge is 0.308 e. The monoisotopic (exact) mass is 697 g/mol. The van der Waals surface area contributed by atoms with E-state index >= 15 is 0 Å². The van der Waals surface area contributed by atoms with Crippen LogP contribution in [0.1, 0.15) is 21.9 Å². The van der Waals surface area contributed by atoms with Crippen LogP contribution in [0.5, 0.6) is 0 Å². The summed E-state index contributed by atoms with van der Waals surface area (Å²) < 4.78 is 3.14. The second kappa shape index (κ2) is 10.8. The van der Waals surface area contributed by atoms with Crippen molar-refractivity contribution in [1.29, 1.82) is 0 Å². The van der Waals surface area contributed by atoms with Gasteiger partial charge in [0.2, 0.25) is 17.7 Å². The lowest BCUT2D eigenvalue weighted by Crippen LogP contribution is -2.33. The second-order valence-electron chi connectivity index (χ2n) is 9.62. The van der Waals surface area contributed by atoms with Crippen molar-refractivity contribution in [2.45, 2.75) is 29.7 Å². The first-order valence-corrected chi connectivity index (χ1v) is 15.6. The Labute approximate surface area is 254 Å². The summed E-state index contributed by atoms with van der Waals surface area (Å²) in [5, 5.41) is 2.66. The maximum atomic E-state index is 13.9. The Hall–Kier alpha value is -2.99. The van der Waals surface area contributed by atoms with Crippen molar-refractivity contribution in [3.8, 4) is 0 Å². The molecule has 6 rings (SSSR count). The zero-order valence-electron chi connectivity index (χ0n) is 21.0. The number of aryl methyl sites for hydroxylation is 1. The first-order chi connectivity index (χ1) is 19.2. The van der Waals surface area contributed by atoms with E-state index in [1.165, 1.54) is 21.2 Å². The molecule has 1 aromatic heterocycles. The maximum Gasteiger partial charge on any atom is 0.308 e. The van der Waals surface area contributed by atoms with Crippen LogP contribution in [0.2, 0.25) is 0 Å². The van der Waals surface area contributed by atoms with Gasteiger partial charge in [0.1, 0.15) is 11.8 Å². The Morgan fingerprint density at radius 3 is 2.15 bits per heavy atom. The lowest BCUT2D eigenvalue weighted by atomic mass is 9.83. The van der Waals surface area contributed by atoms with Gasteiger partial charge in [0.15, 0.2) is 0 Å². The number of thioether (sulfide) groups is 1. The number of carbonyl (C=O) groups is 3. The van der Waals surface area contributed by atoms with Gasteiger partial charge in [0.25, 0.3) is 0 Å². The number of rotatable bonds is 5. The van der Waals surface area contributed by atoms with Crippen LogP contribution >= 0.6 is 55.0 Å². The van der Waals surface area contributed by atoms with Gasteiger partial charge in [-0.15, -0.1) is 0 Å². The van der Waals surface area contributed by atoms with Crippen LogP contribution in [-0.4, -0.2) is 27.5 Å². The minimum atomic E-state index is -0.738. The van der Waals surface area contributed by atoms with Crippen molar-refractivity contribution < 1.29 is 14.4 Å². The van der Waals surface area contributed by atoms with Crippen molar-refractivity contribution in [3.63, 3.8) is 0 Å². The molecule has 3 aromatic carbocycles. The van der Waals surface area contributed by atoms with Gasteiger partial charge in [-0.1, -0.05) is 84.8 Å². The highest BCUT2D eigenvalue weighted by atomic mass is 79.9. The van der Waals surface area contributed by atoms with E-state index in [1.54, 1.807) is 24.3 Å². The fourth-order valence-corrected chi connectivity index (χ4v) is 8.41. The number of nitrogens with zero attached hydrogens (tertiary/aromatic N) is 2. The summed E-state index contributed by atoms with van der Waals surface area (Å²) >= 11 is 9.10. The second-order valence-corrected chi connectivity index (χ2v) is 13.6. The van der Waals surface area contributed by atoms with Crippen LogP contribution in [0.3, 0.4) is 0 Å². The first kappa shape index (κ1) is 27.2. The fraction of sp³-hybridized carbons (Fsp3) is 0.172. The summed E-state index contributed by atoms with van der Waals surface area (Å²) in [5.74, 6) is -2.18. The molecule has 1 saturated heterocycles. The summed E-state index contributed by atoms with van der Waals surface area (Å²) in [6.45, 7) is 1.76. The van der Waals surface area contributed by atoms with Crippen LogP contribution in [0.25, 0.3) is 0 Å². The first-order valence-electron chi connectivity index (χ1n) is 12.4. The Morgan fingerprint density at radius 2 is 1.50 bits per heavy atom. The number of imide groups is 1. The van der Waals surface area contributed by atoms with Gasteiger partial charge in [-0.2, -0.15) is 0 Å². The van der Waals surface area contributed by atoms with Crippen LogP contribution in [0.4, 0.5) is 11.4 Å². The van der Waals surface area contributed by atoms with E-state index in [0.29, 0.717) is 21.3 Å². The molecule has 2 aliphatic rings. The lowest BCUT2D eigenvalue weighted by Gasteiger charge is -2.30. The highest BCUT2D eigenvalue weighted by Gasteiger charge is 2.56. The predicted molar refractivity (Wildman–Crippen MR) is 164 cm³/mol. The summed E-state index contributed by atoms with van der Waals surface area (Å²) in [6, 6.07) is 22.0. The molecule has 0 aliphatic carbocycles. The molecule has 11 heteroatoms. The average molecular weight is 699 g/mol. The number of amides is 3. The van der Waals surface area contributed by atoms with E-state index in [9.17, 15) is 19.2 Å². The molecule has 3 amide bonds. The average Bonchev–Trinajstić information content (AvgIpc) is 3.37. The van der Waals surface area contributed by atoms with E-state index in [-0.39, 0.29) is 29.1 Å². The van der Waals surface area contributed by atoms with Crippen LogP contribution in [0.15, 0.2) is 91.6 Å². The standard InChI is InChI=1S/C29H21Br2N3O4S2/c1-15-2-10-19(11-3-15)32-21(35)14-33-28-25(40-29(33)38)22(16-4-6-17(30)7-5-16)23-24(39-28)27(37)34(26(23)36)20-12-8-18(31)9-13-20/h2-13,22-24H,14H2,1H3,(H,32,35)/t22-,23?,24?/m1/s1. The summed E-state index contributed by atoms with van der Waals surface area (Å²) in [6.07, 6.45) is 0. The summed E-state index contributed by atoms with van der Waals surface area (Å²) in [4.78, 5) is 55.6. The minimum Gasteiger partial charge on any atom is -0.325 e. The van der Waals surface area contributed by atoms with Crippen molar-refractivity contribution in [2.75, 3.05) is 10.2 Å². The third kappa shape index (κ3) is 4.89. The highest BCUT2D eigenvalue weighted by Crippen LogP contribution is 2.54. The van der Waals surface area contributed by atoms with E-state index in [0.717, 1.165) is 31.4 Å². The number of benzene rings is 3. The SMILES string of the molecule is Cc1ccc(NC(=O)Cn2c3c(sc2=O)[C@H](c2ccc(Br)cc2)C2C(=O)N(c4ccc(Br)cc4)C(=O)C2S3)cc1. The minimum absolute atomic E-state index is 0.200. The molecule has 2 unspecified atom stereocenters. The Bertz CT molecular complexity index is 1700. The van der Waals surface area contributed by atoms with E-state index < -0.39 is 17.1 Å². The Morgan fingerprint density at radius 1 is 0.875 bits per heavy atom. The molecule has 0 radical (unpaired) electrons. The number of hydrogen-bond acceptors (Lipinski definition) is 6. The molecule has 7 nitrogen and oxygen atoms in total. The zero-order chi connectivity index (χ0) is 28.1. The molecule has 3 atom stereocenters. The topological polar surface area (TPSA) is 88.5 Å². The van der Waals surface area contributed by atoms with Gasteiger partial charge in [0, 0.05) is 25.4 Å². The molecule has 1 fully saturated rings. The molecule has 0 bridgehead atoms. The predicted octanol–water partition coefficient (Wildman–Crippen LogP) is 6.18. The Balaban J connectivity index is 1.40. The molecular formula is C29H21Br2N3O4S2. The normalized spacial score (nSPS) is 19.9. The molecule has 2 aliphatic heterocycles. The van der Waals surface area contributed by atoms with E-state index in [4.69, 9.17) is 0 Å². The van der Waals surface area contributed by atoms with Crippen LogP contribution in [0, 0.1) is 12.8 Å². The zero-order valence-corrected chi connectivity index (χ0v) is 25.8. The molecule has 0 saturated carbocycles. The number of halogens is 2. The number of aromatic nitrogens is 1. The number of thiazole rings is 1. The van der Waals surface area contributed by atoms with Gasteiger partial charge >= 0.3 is 4.87 Å². The van der Waals surface area contributed by atoms with E-state index in [1.807, 2.05) is 55.5 Å². The lowest BCUT2D eigenvalue weighted by molar-refractivity contribution is -0.122. The van der Waals surface area contributed by atoms with Crippen molar-refractivity contribution in [1.82, 2.24) is 4.57 Å². The summed E-state index contributed by atoms with van der Waals surface area (Å²) in [5.41, 5.74) is 3.03. The molecule has 202 valence electrons. The third-order valence-corrected chi connectivity index (χ3v) is 10.7. The molecular weight excluding hydrogens is 678 g/mol. The van der Waals surface area contributed by atoms with Crippen molar-refractivity contribution in [3.05, 3.63) is 107 Å². The highest BCUT2D eigenvalue weighted by molar-refractivity contribution is 9.10. The van der Waals surface area contributed by atoms with Crippen LogP contribution in [-0.2, 0) is 20.9 Å². The fourth-order valence-electron chi connectivity index (χ4n) is 5.11. The van der Waals surface area contributed by atoms with Gasteiger partial charge in [-0.3, -0.25) is 23.7 Å². The molecule has 1 N–H and O–H groups in total. The largest absolute Gasteiger partial charge is 0.325 e. The third-order valence-electron chi connectivity index (χ3n) is 7.00. The van der Waals surface area contributed by atoms with Gasteiger partial charge in [0.05, 0.1) is 16.6 Å². The number of nitrogens with one attached hydrogen (secondary N) is 1. The number of anilines is 2. The number of fused-ring (bicyclic) bond motifs is 2.